The minimum atomic E-state index is 0.739. The predicted molar refractivity (Wildman–Crippen MR) is 94.3 cm³/mol. The molecule has 0 aliphatic carbocycles. The van der Waals surface area contributed by atoms with Crippen molar-refractivity contribution in [3.8, 4) is 0 Å². The molecule has 0 aromatic heterocycles. The van der Waals surface area contributed by atoms with Crippen LogP contribution in [0.5, 0.6) is 0 Å². The first kappa shape index (κ1) is 16.7. The lowest BCUT2D eigenvalue weighted by Gasteiger charge is -2.15. The Morgan fingerprint density at radius 1 is 1.24 bits per heavy atom. The van der Waals surface area contributed by atoms with E-state index >= 15 is 0 Å². The topological polar surface area (TPSA) is 24.4 Å². The number of dihydropyridines is 1. The van der Waals surface area contributed by atoms with Crippen LogP contribution in [0, 0.1) is 0 Å². The number of nitrogens with zero attached hydrogens (tertiary/aromatic N) is 1. The Labute approximate surface area is 128 Å². The van der Waals surface area contributed by atoms with Gasteiger partial charge < -0.3 is 5.32 Å². The van der Waals surface area contributed by atoms with Gasteiger partial charge in [0, 0.05) is 30.6 Å². The molecule has 1 aliphatic rings. The van der Waals surface area contributed by atoms with Crippen LogP contribution in [0.1, 0.15) is 19.8 Å². The second kappa shape index (κ2) is 8.75. The summed E-state index contributed by atoms with van der Waals surface area (Å²) in [7, 11) is 0. The van der Waals surface area contributed by atoms with Gasteiger partial charge in [0.1, 0.15) is 0 Å². The van der Waals surface area contributed by atoms with Crippen molar-refractivity contribution >= 4 is 6.21 Å². The highest BCUT2D eigenvalue weighted by Crippen LogP contribution is 2.13. The van der Waals surface area contributed by atoms with Gasteiger partial charge in [-0.2, -0.15) is 0 Å². The molecule has 0 radical (unpaired) electrons. The fraction of sp³-hybridized carbons (Fsp3) is 0.211. The molecule has 0 fully saturated rings. The molecule has 0 bridgehead atoms. The molecule has 0 aromatic carbocycles. The van der Waals surface area contributed by atoms with Crippen molar-refractivity contribution in [3.05, 3.63) is 84.8 Å². The van der Waals surface area contributed by atoms with Crippen LogP contribution >= 0.6 is 0 Å². The van der Waals surface area contributed by atoms with Gasteiger partial charge in [-0.05, 0) is 25.0 Å². The Morgan fingerprint density at radius 3 is 2.62 bits per heavy atom. The van der Waals surface area contributed by atoms with Crippen LogP contribution in [-0.2, 0) is 0 Å². The zero-order valence-electron chi connectivity index (χ0n) is 12.9. The minimum Gasteiger partial charge on any atom is -0.359 e. The summed E-state index contributed by atoms with van der Waals surface area (Å²) in [5.41, 5.74) is 5.20. The molecule has 2 heteroatoms. The molecule has 110 valence electrons. The van der Waals surface area contributed by atoms with E-state index in [0.29, 0.717) is 0 Å². The Morgan fingerprint density at radius 2 is 1.95 bits per heavy atom. The van der Waals surface area contributed by atoms with E-state index in [1.165, 1.54) is 5.70 Å². The van der Waals surface area contributed by atoms with Crippen molar-refractivity contribution in [1.29, 1.82) is 0 Å². The molecule has 21 heavy (non-hydrogen) atoms. The standard InChI is InChI=1S/C19H24N2/c1-6-7-8-15(2)13-16(3)9-10-18(5)21-19-11-12-20-14-17(19)4/h6-10,14,21H,1-3,5,11-13H2,4H3/b8-7-,10-9-. The summed E-state index contributed by atoms with van der Waals surface area (Å²) in [6.07, 6.45) is 13.0. The number of nitrogens with one attached hydrogen (secondary N) is 1. The van der Waals surface area contributed by atoms with Crippen LogP contribution in [0.25, 0.3) is 0 Å². The first-order valence-electron chi connectivity index (χ1n) is 7.01. The summed E-state index contributed by atoms with van der Waals surface area (Å²) < 4.78 is 0. The second-order valence-electron chi connectivity index (χ2n) is 5.02. The molecule has 0 atom stereocenters. The fourth-order valence-corrected chi connectivity index (χ4v) is 1.88. The average Bonchev–Trinajstić information content (AvgIpc) is 2.45. The van der Waals surface area contributed by atoms with Crippen LogP contribution in [-0.4, -0.2) is 12.8 Å². The van der Waals surface area contributed by atoms with Gasteiger partial charge in [0.05, 0.1) is 0 Å². The summed E-state index contributed by atoms with van der Waals surface area (Å²) in [5.74, 6) is 0. The van der Waals surface area contributed by atoms with E-state index in [4.69, 9.17) is 0 Å². The first-order valence-corrected chi connectivity index (χ1v) is 7.01. The number of aliphatic imine (C=N–C) groups is 1. The number of hydrogen-bond acceptors (Lipinski definition) is 2. The van der Waals surface area contributed by atoms with Gasteiger partial charge in [0.25, 0.3) is 0 Å². The second-order valence-corrected chi connectivity index (χ2v) is 5.02. The summed E-state index contributed by atoms with van der Waals surface area (Å²) in [6, 6.07) is 0. The lowest BCUT2D eigenvalue weighted by atomic mass is 10.1. The van der Waals surface area contributed by atoms with E-state index < -0.39 is 0 Å². The predicted octanol–water partition coefficient (Wildman–Crippen LogP) is 4.64. The van der Waals surface area contributed by atoms with Crippen molar-refractivity contribution in [2.24, 2.45) is 4.99 Å². The Balaban J connectivity index is 2.48. The molecule has 0 unspecified atom stereocenters. The van der Waals surface area contributed by atoms with Gasteiger partial charge in [-0.3, -0.25) is 4.99 Å². The van der Waals surface area contributed by atoms with Crippen molar-refractivity contribution in [1.82, 2.24) is 5.32 Å². The largest absolute Gasteiger partial charge is 0.359 e. The number of rotatable bonds is 8. The van der Waals surface area contributed by atoms with Crippen LogP contribution in [0.15, 0.2) is 89.8 Å². The number of allylic oxidation sites excluding steroid dienone is 8. The van der Waals surface area contributed by atoms with Crippen molar-refractivity contribution in [3.63, 3.8) is 0 Å². The van der Waals surface area contributed by atoms with E-state index in [1.807, 2.05) is 30.5 Å². The SMILES string of the molecule is C=C/C=C\C(=C)CC(=C)/C=C\C(=C)NC1=C(C)C=NCC1. The monoisotopic (exact) mass is 280 g/mol. The quantitative estimate of drug-likeness (QED) is 0.644. The fourth-order valence-electron chi connectivity index (χ4n) is 1.88. The maximum atomic E-state index is 4.24. The smallest absolute Gasteiger partial charge is 0.0444 e. The summed E-state index contributed by atoms with van der Waals surface area (Å²) in [4.78, 5) is 4.24. The van der Waals surface area contributed by atoms with E-state index in [1.54, 1.807) is 6.08 Å². The molecule has 0 spiro atoms. The summed E-state index contributed by atoms with van der Waals surface area (Å²) in [5, 5.41) is 3.33. The molecule has 1 N–H and O–H groups in total. The Bertz CT molecular complexity index is 554. The minimum absolute atomic E-state index is 0.739. The van der Waals surface area contributed by atoms with Crippen LogP contribution in [0.3, 0.4) is 0 Å². The molecule has 1 rings (SSSR count). The molecule has 0 saturated carbocycles. The molecule has 0 saturated heterocycles. The lowest BCUT2D eigenvalue weighted by Crippen LogP contribution is -2.16. The summed E-state index contributed by atoms with van der Waals surface area (Å²) >= 11 is 0. The molecule has 0 aromatic rings. The lowest BCUT2D eigenvalue weighted by molar-refractivity contribution is 0.833. The molecular weight excluding hydrogens is 256 g/mol. The van der Waals surface area contributed by atoms with Gasteiger partial charge in [0.15, 0.2) is 0 Å². The van der Waals surface area contributed by atoms with Gasteiger partial charge in [-0.25, -0.2) is 0 Å². The van der Waals surface area contributed by atoms with Gasteiger partial charge in [0.2, 0.25) is 0 Å². The highest BCUT2D eigenvalue weighted by atomic mass is 14.9. The van der Waals surface area contributed by atoms with Crippen LogP contribution < -0.4 is 5.32 Å². The zero-order chi connectivity index (χ0) is 15.7. The Hall–Kier alpha value is -2.35. The molecular formula is C19H24N2. The van der Waals surface area contributed by atoms with Gasteiger partial charge >= 0.3 is 0 Å². The zero-order valence-corrected chi connectivity index (χ0v) is 12.9. The summed E-state index contributed by atoms with van der Waals surface area (Å²) in [6.45, 7) is 18.5. The maximum absolute atomic E-state index is 4.24. The molecule has 0 amide bonds. The van der Waals surface area contributed by atoms with E-state index in [-0.39, 0.29) is 0 Å². The Kier molecular flexibility index (Phi) is 6.96. The van der Waals surface area contributed by atoms with E-state index in [9.17, 15) is 0 Å². The van der Waals surface area contributed by atoms with Gasteiger partial charge in [-0.15, -0.1) is 0 Å². The highest BCUT2D eigenvalue weighted by Gasteiger charge is 2.05. The van der Waals surface area contributed by atoms with Crippen molar-refractivity contribution in [2.45, 2.75) is 19.8 Å². The van der Waals surface area contributed by atoms with Gasteiger partial charge in [-0.1, -0.05) is 61.8 Å². The third-order valence-corrected chi connectivity index (χ3v) is 3.01. The number of hydrogen-bond donors (Lipinski definition) is 1. The molecule has 1 heterocycles. The molecule has 1 aliphatic heterocycles. The average molecular weight is 280 g/mol. The first-order chi connectivity index (χ1) is 10.0. The van der Waals surface area contributed by atoms with Crippen molar-refractivity contribution < 1.29 is 0 Å². The maximum Gasteiger partial charge on any atom is 0.0444 e. The third-order valence-electron chi connectivity index (χ3n) is 3.01. The van der Waals surface area contributed by atoms with Crippen LogP contribution in [0.2, 0.25) is 0 Å². The highest BCUT2D eigenvalue weighted by molar-refractivity contribution is 5.79. The van der Waals surface area contributed by atoms with Crippen molar-refractivity contribution in [2.75, 3.05) is 6.54 Å². The van der Waals surface area contributed by atoms with E-state index in [2.05, 4.69) is 43.5 Å². The normalized spacial score (nSPS) is 14.7. The van der Waals surface area contributed by atoms with Crippen LogP contribution in [0.4, 0.5) is 0 Å². The third kappa shape index (κ3) is 6.57. The molecule has 2 nitrogen and oxygen atoms in total. The van der Waals surface area contributed by atoms with E-state index in [0.717, 1.165) is 41.8 Å².